The third-order valence-corrected chi connectivity index (χ3v) is 9.35. The van der Waals surface area contributed by atoms with Gasteiger partial charge in [-0.3, -0.25) is 28.9 Å². The number of hydrogen-bond donors (Lipinski definition) is 4. The monoisotopic (exact) mass is 546 g/mol. The van der Waals surface area contributed by atoms with Crippen LogP contribution in [0, 0.1) is 23.7 Å². The number of carbonyl (C=O) groups excluding carboxylic acids is 5. The first-order valence-electron chi connectivity index (χ1n) is 12.4. The van der Waals surface area contributed by atoms with Gasteiger partial charge >= 0.3 is 0 Å². The minimum atomic E-state index is -3.00. The lowest BCUT2D eigenvalue weighted by atomic mass is 9.49. The Hall–Kier alpha value is -2.60. The fraction of sp³-hybridized carbons (Fsp3) is 0.593. The molecule has 1 amide bonds. The number of benzene rings is 1. The maximum absolute atomic E-state index is 14.1. The largest absolute Gasteiger partial charge is 0.507 e. The average molecular weight is 547 g/mol. The van der Waals surface area contributed by atoms with Gasteiger partial charge < -0.3 is 21.1 Å². The minimum Gasteiger partial charge on any atom is -0.507 e. The molecule has 8 atom stereocenters. The molecule has 4 rings (SSSR count). The van der Waals surface area contributed by atoms with Gasteiger partial charge in [-0.1, -0.05) is 27.7 Å². The molecule has 5 N–H and O–H groups in total. The molecule has 3 aliphatic carbocycles. The summed E-state index contributed by atoms with van der Waals surface area (Å²) in [7, 11) is 2.92. The molecule has 1 aromatic carbocycles. The van der Waals surface area contributed by atoms with E-state index < -0.39 is 81.8 Å². The van der Waals surface area contributed by atoms with E-state index in [-0.39, 0.29) is 11.3 Å². The molecule has 0 radical (unpaired) electrons. The maximum atomic E-state index is 14.1. The molecule has 11 heteroatoms. The molecule has 0 heterocycles. The van der Waals surface area contributed by atoms with Crippen molar-refractivity contribution < 1.29 is 39.3 Å². The molecule has 0 aliphatic heterocycles. The number of likely N-dealkylation sites (N-methyl/N-ethyl adjacent to an activating group) is 1. The highest BCUT2D eigenvalue weighted by molar-refractivity contribution is 7.98. The minimum absolute atomic E-state index is 0.0759. The Morgan fingerprint density at radius 2 is 1.71 bits per heavy atom. The predicted octanol–water partition coefficient (Wildman–Crippen LogP) is 0.418. The Morgan fingerprint density at radius 3 is 2.18 bits per heavy atom. The predicted molar refractivity (Wildman–Crippen MR) is 138 cm³/mol. The summed E-state index contributed by atoms with van der Waals surface area (Å²) in [6, 6.07) is 0.403. The molecule has 0 saturated heterocycles. The molecular formula is C27H34N2O8S. The fourth-order valence-electron chi connectivity index (χ4n) is 6.83. The van der Waals surface area contributed by atoms with Gasteiger partial charge in [-0.15, -0.1) is 11.8 Å². The van der Waals surface area contributed by atoms with Gasteiger partial charge in [-0.2, -0.15) is 0 Å². The van der Waals surface area contributed by atoms with Crippen molar-refractivity contribution in [2.75, 3.05) is 20.4 Å². The molecule has 2 unspecified atom stereocenters. The van der Waals surface area contributed by atoms with Crippen LogP contribution in [0.4, 0.5) is 0 Å². The highest BCUT2D eigenvalue weighted by atomic mass is 32.2. The number of thioether (sulfide) groups is 1. The number of Topliss-reactive ketones (excluding diaryl/α,β-unsaturated/α-hetero) is 4. The standard InChI is InChI=1S/C27H34N2O8S/c1-9-12-11(38-7)8-10(26(2,3)4)19(30)14(12)20(31)15-13(9)21(32)17-18(29(5)6)22(33)16(25(28)36)24(35)27(17,37)23(15)34/h8-9,13,15-18,21,30,32,37H,1-7H3,(H2,28,36)/t9-,13+,15?,16?,17+,18-,21-,27-/m1/s1. The van der Waals surface area contributed by atoms with E-state index in [1.807, 2.05) is 27.0 Å². The molecule has 0 aromatic heterocycles. The van der Waals surface area contributed by atoms with E-state index in [2.05, 4.69) is 0 Å². The number of phenols is 1. The van der Waals surface area contributed by atoms with E-state index in [0.29, 0.717) is 16.0 Å². The van der Waals surface area contributed by atoms with E-state index in [0.717, 1.165) is 0 Å². The van der Waals surface area contributed by atoms with Crippen LogP contribution in [-0.2, 0) is 24.6 Å². The van der Waals surface area contributed by atoms with Crippen molar-refractivity contribution >= 4 is 40.8 Å². The zero-order chi connectivity index (χ0) is 28.8. The van der Waals surface area contributed by atoms with Crippen molar-refractivity contribution in [2.45, 2.75) is 61.7 Å². The van der Waals surface area contributed by atoms with Crippen molar-refractivity contribution in [3.05, 3.63) is 22.8 Å². The van der Waals surface area contributed by atoms with Gasteiger partial charge in [0.1, 0.15) is 5.75 Å². The molecule has 206 valence electrons. The second kappa shape index (κ2) is 8.97. The number of hydrogen-bond acceptors (Lipinski definition) is 10. The lowest BCUT2D eigenvalue weighted by molar-refractivity contribution is -0.196. The van der Waals surface area contributed by atoms with Crippen molar-refractivity contribution in [2.24, 2.45) is 29.4 Å². The second-order valence-corrected chi connectivity index (χ2v) is 12.7. The fourth-order valence-corrected chi connectivity index (χ4v) is 7.58. The highest BCUT2D eigenvalue weighted by Crippen LogP contribution is 2.56. The highest BCUT2D eigenvalue weighted by Gasteiger charge is 2.73. The van der Waals surface area contributed by atoms with Crippen LogP contribution >= 0.6 is 11.8 Å². The molecule has 3 aliphatic rings. The molecule has 38 heavy (non-hydrogen) atoms. The van der Waals surface area contributed by atoms with Crippen LogP contribution in [0.25, 0.3) is 0 Å². The lowest BCUT2D eigenvalue weighted by Gasteiger charge is -2.56. The number of fused-ring (bicyclic) bond motifs is 3. The molecular weight excluding hydrogens is 512 g/mol. The number of primary amides is 1. The van der Waals surface area contributed by atoms with Crippen molar-refractivity contribution in [3.8, 4) is 5.75 Å². The normalized spacial score (nSPS) is 35.2. The molecule has 0 bridgehead atoms. The summed E-state index contributed by atoms with van der Waals surface area (Å²) in [5.41, 5.74) is 2.66. The zero-order valence-corrected chi connectivity index (χ0v) is 23.3. The number of carbonyl (C=O) groups is 5. The second-order valence-electron chi connectivity index (χ2n) is 11.9. The van der Waals surface area contributed by atoms with Crippen LogP contribution in [0.5, 0.6) is 5.75 Å². The molecule has 2 saturated carbocycles. The van der Waals surface area contributed by atoms with Crippen molar-refractivity contribution in [1.29, 1.82) is 0 Å². The summed E-state index contributed by atoms with van der Waals surface area (Å²) in [5, 5.41) is 34.7. The van der Waals surface area contributed by atoms with E-state index in [1.165, 1.54) is 30.8 Å². The van der Waals surface area contributed by atoms with Crippen molar-refractivity contribution in [1.82, 2.24) is 4.90 Å². The summed E-state index contributed by atoms with van der Waals surface area (Å²) in [6.45, 7) is 7.31. The van der Waals surface area contributed by atoms with Crippen LogP contribution in [0.3, 0.4) is 0 Å². The molecule has 10 nitrogen and oxygen atoms in total. The number of rotatable bonds is 3. The number of phenolic OH excluding ortho intramolecular Hbond substituents is 1. The Bertz CT molecular complexity index is 1280. The van der Waals surface area contributed by atoms with Crippen molar-refractivity contribution in [3.63, 3.8) is 0 Å². The zero-order valence-electron chi connectivity index (χ0n) is 22.4. The maximum Gasteiger partial charge on any atom is 0.235 e. The van der Waals surface area contributed by atoms with Gasteiger partial charge in [0, 0.05) is 16.4 Å². The van der Waals surface area contributed by atoms with Crippen LogP contribution in [0.15, 0.2) is 11.0 Å². The Morgan fingerprint density at radius 1 is 1.13 bits per heavy atom. The number of aliphatic hydroxyl groups is 2. The first kappa shape index (κ1) is 28.4. The van der Waals surface area contributed by atoms with Gasteiger partial charge in [-0.05, 0) is 43.3 Å². The van der Waals surface area contributed by atoms with E-state index >= 15 is 0 Å². The van der Waals surface area contributed by atoms with Gasteiger partial charge in [0.25, 0.3) is 0 Å². The molecule has 2 fully saturated rings. The average Bonchev–Trinajstić information content (AvgIpc) is 2.80. The summed E-state index contributed by atoms with van der Waals surface area (Å²) in [6.07, 6.45) is 0.164. The number of nitrogens with two attached hydrogens (primary N) is 1. The number of aromatic hydroxyl groups is 1. The van der Waals surface area contributed by atoms with Crippen LogP contribution in [0.1, 0.15) is 55.1 Å². The smallest absolute Gasteiger partial charge is 0.235 e. The summed E-state index contributed by atoms with van der Waals surface area (Å²) < 4.78 is 0. The molecule has 0 spiro atoms. The van der Waals surface area contributed by atoms with Crippen LogP contribution in [-0.4, -0.2) is 87.4 Å². The van der Waals surface area contributed by atoms with Crippen LogP contribution in [0.2, 0.25) is 0 Å². The van der Waals surface area contributed by atoms with Gasteiger partial charge in [-0.25, -0.2) is 0 Å². The third-order valence-electron chi connectivity index (χ3n) is 8.57. The Balaban J connectivity index is 2.01. The lowest BCUT2D eigenvalue weighted by Crippen LogP contribution is -2.77. The molecule has 1 aromatic rings. The summed E-state index contributed by atoms with van der Waals surface area (Å²) in [4.78, 5) is 68.9. The third kappa shape index (κ3) is 3.55. The van der Waals surface area contributed by atoms with Gasteiger partial charge in [0.2, 0.25) is 5.91 Å². The SMILES string of the molecule is CSc1cc(C(C)(C)C)c(O)c2c1[C@@H](C)[C@H]1C(C2=O)C(=O)[C@@]2(O)C(=O)C(C(N)=O)C(=O)[C@H](N(C)C)[C@H]2[C@@H]1O. The van der Waals surface area contributed by atoms with E-state index in [1.54, 1.807) is 13.0 Å². The number of nitrogens with zero attached hydrogens (tertiary/aromatic N) is 1. The number of amides is 1. The summed E-state index contributed by atoms with van der Waals surface area (Å²) in [5.74, 6) is -13.1. The first-order chi connectivity index (χ1) is 17.4. The number of aliphatic hydroxyl groups excluding tert-OH is 1. The Kier molecular flexibility index (Phi) is 6.71. The first-order valence-corrected chi connectivity index (χ1v) is 13.6. The Labute approximate surface area is 224 Å². The van der Waals surface area contributed by atoms with Crippen LogP contribution < -0.4 is 5.73 Å². The van der Waals surface area contributed by atoms with E-state index in [9.17, 15) is 39.3 Å². The van der Waals surface area contributed by atoms with Gasteiger partial charge in [0.05, 0.1) is 29.5 Å². The number of ketones is 4. The van der Waals surface area contributed by atoms with Gasteiger partial charge in [0.15, 0.2) is 34.7 Å². The van der Waals surface area contributed by atoms with E-state index in [4.69, 9.17) is 5.73 Å². The summed E-state index contributed by atoms with van der Waals surface area (Å²) >= 11 is 1.35. The quantitative estimate of drug-likeness (QED) is 0.307. The topological polar surface area (TPSA) is 175 Å².